The van der Waals surface area contributed by atoms with E-state index in [1.54, 1.807) is 18.2 Å². The summed E-state index contributed by atoms with van der Waals surface area (Å²) in [6.45, 7) is 1.92. The van der Waals surface area contributed by atoms with Crippen molar-refractivity contribution in [1.82, 2.24) is 19.6 Å². The van der Waals surface area contributed by atoms with Crippen LogP contribution >= 0.6 is 11.5 Å². The number of nitrogens with zero attached hydrogens (tertiary/aromatic N) is 2. The Labute approximate surface area is 117 Å². The van der Waals surface area contributed by atoms with Gasteiger partial charge in [-0.1, -0.05) is 11.4 Å². The number of carbonyl (C=O) groups excluding carboxylic acids is 1. The summed E-state index contributed by atoms with van der Waals surface area (Å²) in [4.78, 5) is 29.1. The van der Waals surface area contributed by atoms with Gasteiger partial charge in [-0.15, -0.1) is 5.10 Å². The molecule has 0 atom stereocenters. The van der Waals surface area contributed by atoms with Crippen molar-refractivity contribution in [1.29, 1.82) is 0 Å². The van der Waals surface area contributed by atoms with E-state index >= 15 is 0 Å². The van der Waals surface area contributed by atoms with Crippen LogP contribution < -0.4 is 11.0 Å². The summed E-state index contributed by atoms with van der Waals surface area (Å²) < 4.78 is 3.79. The van der Waals surface area contributed by atoms with Crippen molar-refractivity contribution >= 4 is 34.2 Å². The number of nitrogens with one attached hydrogen (secondary N) is 3. The van der Waals surface area contributed by atoms with Crippen LogP contribution in [-0.2, 0) is 6.42 Å². The highest BCUT2D eigenvalue weighted by Crippen LogP contribution is 2.17. The fourth-order valence-corrected chi connectivity index (χ4v) is 2.56. The number of anilines is 1. The van der Waals surface area contributed by atoms with Crippen LogP contribution in [0.1, 0.15) is 22.3 Å². The molecule has 20 heavy (non-hydrogen) atoms. The molecule has 102 valence electrons. The second kappa shape index (κ2) is 4.89. The maximum Gasteiger partial charge on any atom is 0.323 e. The zero-order chi connectivity index (χ0) is 14.1. The second-order valence-electron chi connectivity index (χ2n) is 4.20. The smallest absolute Gasteiger partial charge is 0.321 e. The Balaban J connectivity index is 1.89. The average molecular weight is 289 g/mol. The third-order valence-electron chi connectivity index (χ3n) is 2.87. The summed E-state index contributed by atoms with van der Waals surface area (Å²) in [6, 6.07) is 5.16. The first-order valence-corrected chi connectivity index (χ1v) is 6.79. The fraction of sp³-hybridized carbons (Fsp3) is 0.167. The summed E-state index contributed by atoms with van der Waals surface area (Å²) in [5, 5.41) is 6.68. The van der Waals surface area contributed by atoms with Gasteiger partial charge in [0.15, 0.2) is 0 Å². The molecule has 0 saturated heterocycles. The molecule has 0 unspecified atom stereocenters. The molecule has 0 saturated carbocycles. The van der Waals surface area contributed by atoms with E-state index in [2.05, 4.69) is 24.9 Å². The number of hydrogen-bond donors (Lipinski definition) is 3. The lowest BCUT2D eigenvalue weighted by Gasteiger charge is -2.03. The van der Waals surface area contributed by atoms with Gasteiger partial charge in [0.05, 0.1) is 16.7 Å². The quantitative estimate of drug-likeness (QED) is 0.680. The number of carbonyl (C=O) groups is 1. The Kier molecular flexibility index (Phi) is 3.07. The van der Waals surface area contributed by atoms with Gasteiger partial charge in [0.1, 0.15) is 4.88 Å². The zero-order valence-corrected chi connectivity index (χ0v) is 11.4. The number of H-pyrrole nitrogens is 2. The van der Waals surface area contributed by atoms with Crippen LogP contribution in [-0.4, -0.2) is 25.5 Å². The van der Waals surface area contributed by atoms with Gasteiger partial charge in [-0.2, -0.15) is 0 Å². The lowest BCUT2D eigenvalue weighted by molar-refractivity contribution is 0.102. The van der Waals surface area contributed by atoms with E-state index in [9.17, 15) is 9.59 Å². The normalized spacial score (nSPS) is 10.8. The van der Waals surface area contributed by atoms with Gasteiger partial charge in [0.2, 0.25) is 0 Å². The maximum atomic E-state index is 12.1. The van der Waals surface area contributed by atoms with Crippen molar-refractivity contribution < 1.29 is 4.79 Å². The highest BCUT2D eigenvalue weighted by atomic mass is 32.1. The molecule has 0 aliphatic heterocycles. The van der Waals surface area contributed by atoms with Crippen LogP contribution in [0.3, 0.4) is 0 Å². The molecule has 3 N–H and O–H groups in total. The molecule has 3 rings (SSSR count). The van der Waals surface area contributed by atoms with Gasteiger partial charge in [-0.3, -0.25) is 4.79 Å². The van der Waals surface area contributed by atoms with E-state index in [-0.39, 0.29) is 11.6 Å². The molecule has 3 aromatic rings. The van der Waals surface area contributed by atoms with Gasteiger partial charge < -0.3 is 15.3 Å². The van der Waals surface area contributed by atoms with E-state index in [4.69, 9.17) is 0 Å². The predicted molar refractivity (Wildman–Crippen MR) is 76.2 cm³/mol. The molecule has 0 fully saturated rings. The van der Waals surface area contributed by atoms with Crippen molar-refractivity contribution in [3.63, 3.8) is 0 Å². The Bertz CT molecular complexity index is 832. The van der Waals surface area contributed by atoms with Gasteiger partial charge in [-0.25, -0.2) is 4.79 Å². The standard InChI is InChI=1S/C12H11N5O2S/c1-2-7-10(20-17-16-7)11(18)13-6-3-4-8-9(5-6)15-12(19)14-8/h3-5H,2H2,1H3,(H,13,18)(H2,14,15,19). The first-order valence-electron chi connectivity index (χ1n) is 6.02. The summed E-state index contributed by atoms with van der Waals surface area (Å²) in [5.41, 5.74) is 2.35. The number of aryl methyl sites for hydroxylation is 1. The summed E-state index contributed by atoms with van der Waals surface area (Å²) in [5.74, 6) is -0.242. The molecule has 7 nitrogen and oxygen atoms in total. The molecule has 2 heterocycles. The van der Waals surface area contributed by atoms with E-state index in [0.717, 1.165) is 11.5 Å². The topological polar surface area (TPSA) is 104 Å². The molecule has 0 aliphatic rings. The molecular weight excluding hydrogens is 278 g/mol. The number of benzene rings is 1. The minimum absolute atomic E-state index is 0.242. The van der Waals surface area contributed by atoms with Crippen molar-refractivity contribution in [2.45, 2.75) is 13.3 Å². The SMILES string of the molecule is CCc1nnsc1C(=O)Nc1ccc2[nH]c(=O)[nH]c2c1. The highest BCUT2D eigenvalue weighted by Gasteiger charge is 2.15. The molecular formula is C12H11N5O2S. The Morgan fingerprint density at radius 3 is 2.95 bits per heavy atom. The zero-order valence-electron chi connectivity index (χ0n) is 10.6. The van der Waals surface area contributed by atoms with Gasteiger partial charge in [0, 0.05) is 5.69 Å². The van der Waals surface area contributed by atoms with E-state index in [0.29, 0.717) is 33.7 Å². The monoisotopic (exact) mass is 289 g/mol. The van der Waals surface area contributed by atoms with Crippen LogP contribution in [0.2, 0.25) is 0 Å². The Morgan fingerprint density at radius 2 is 2.15 bits per heavy atom. The van der Waals surface area contributed by atoms with Crippen molar-refractivity contribution in [2.75, 3.05) is 5.32 Å². The summed E-state index contributed by atoms with van der Waals surface area (Å²) in [7, 11) is 0. The minimum atomic E-state index is -0.275. The van der Waals surface area contributed by atoms with Crippen molar-refractivity contribution in [3.05, 3.63) is 39.3 Å². The van der Waals surface area contributed by atoms with Crippen molar-refractivity contribution in [2.24, 2.45) is 0 Å². The minimum Gasteiger partial charge on any atom is -0.321 e. The van der Waals surface area contributed by atoms with Crippen LogP contribution in [0.25, 0.3) is 11.0 Å². The molecule has 1 amide bonds. The van der Waals surface area contributed by atoms with E-state index < -0.39 is 0 Å². The highest BCUT2D eigenvalue weighted by molar-refractivity contribution is 7.08. The molecule has 0 radical (unpaired) electrons. The van der Waals surface area contributed by atoms with E-state index in [1.165, 1.54) is 0 Å². The fourth-order valence-electron chi connectivity index (χ4n) is 1.91. The van der Waals surface area contributed by atoms with E-state index in [1.807, 2.05) is 6.92 Å². The third-order valence-corrected chi connectivity index (χ3v) is 3.64. The number of amides is 1. The average Bonchev–Trinajstić information content (AvgIpc) is 3.02. The van der Waals surface area contributed by atoms with Crippen LogP contribution in [0, 0.1) is 0 Å². The lowest BCUT2D eigenvalue weighted by Crippen LogP contribution is -2.12. The molecule has 0 spiro atoms. The van der Waals surface area contributed by atoms with Gasteiger partial charge in [0.25, 0.3) is 5.91 Å². The Morgan fingerprint density at radius 1 is 1.35 bits per heavy atom. The number of hydrogen-bond acceptors (Lipinski definition) is 5. The number of aromatic nitrogens is 4. The summed E-state index contributed by atoms with van der Waals surface area (Å²) in [6.07, 6.45) is 0.656. The van der Waals surface area contributed by atoms with Gasteiger partial charge in [-0.05, 0) is 36.2 Å². The maximum absolute atomic E-state index is 12.1. The summed E-state index contributed by atoms with van der Waals surface area (Å²) >= 11 is 1.07. The first kappa shape index (κ1) is 12.5. The Hall–Kier alpha value is -2.48. The molecule has 0 aliphatic carbocycles. The number of fused-ring (bicyclic) bond motifs is 1. The molecule has 0 bridgehead atoms. The second-order valence-corrected chi connectivity index (χ2v) is 4.95. The van der Waals surface area contributed by atoms with Crippen LogP contribution in [0.4, 0.5) is 5.69 Å². The van der Waals surface area contributed by atoms with Crippen molar-refractivity contribution in [3.8, 4) is 0 Å². The van der Waals surface area contributed by atoms with Crippen LogP contribution in [0.15, 0.2) is 23.0 Å². The third kappa shape index (κ3) is 2.21. The molecule has 1 aromatic carbocycles. The van der Waals surface area contributed by atoms with Gasteiger partial charge >= 0.3 is 5.69 Å². The largest absolute Gasteiger partial charge is 0.323 e. The first-order chi connectivity index (χ1) is 9.67. The van der Waals surface area contributed by atoms with Crippen LogP contribution in [0.5, 0.6) is 0 Å². The molecule has 2 aromatic heterocycles. The number of rotatable bonds is 3. The molecule has 8 heteroatoms. The number of aromatic amines is 2. The number of imidazole rings is 1. The predicted octanol–water partition coefficient (Wildman–Crippen LogP) is 1.52. The lowest BCUT2D eigenvalue weighted by atomic mass is 10.2.